The van der Waals surface area contributed by atoms with Gasteiger partial charge >= 0.3 is 5.97 Å². The maximum absolute atomic E-state index is 12.4. The number of hydrogen-bond donors (Lipinski definition) is 2. The van der Waals surface area contributed by atoms with Crippen molar-refractivity contribution in [1.29, 1.82) is 0 Å². The lowest BCUT2D eigenvalue weighted by Gasteiger charge is -2.31. The molecule has 2 rings (SSSR count). The first-order valence-electron chi connectivity index (χ1n) is 7.05. The zero-order chi connectivity index (χ0) is 14.5. The monoisotopic (exact) mass is 286 g/mol. The molecule has 0 bridgehead atoms. The molecule has 0 radical (unpaired) electrons. The van der Waals surface area contributed by atoms with Crippen LogP contribution in [0.1, 0.15) is 13.3 Å². The molecule has 2 aliphatic heterocycles. The van der Waals surface area contributed by atoms with Gasteiger partial charge in [0.1, 0.15) is 5.92 Å². The molecule has 7 nitrogen and oxygen atoms in total. The molecule has 2 heterocycles. The Morgan fingerprint density at radius 2 is 2.20 bits per heavy atom. The van der Waals surface area contributed by atoms with Gasteiger partial charge in [0.2, 0.25) is 5.91 Å². The van der Waals surface area contributed by atoms with Crippen molar-refractivity contribution in [2.24, 2.45) is 5.92 Å². The Balaban J connectivity index is 1.95. The SMILES string of the molecule is CCN(C(=O)CC1CNCCO1)C1COCC1C(=O)O. The van der Waals surface area contributed by atoms with Gasteiger partial charge < -0.3 is 24.8 Å². The average molecular weight is 286 g/mol. The maximum Gasteiger partial charge on any atom is 0.311 e. The van der Waals surface area contributed by atoms with Crippen molar-refractivity contribution in [2.75, 3.05) is 39.5 Å². The van der Waals surface area contributed by atoms with Gasteiger partial charge in [0.15, 0.2) is 0 Å². The van der Waals surface area contributed by atoms with E-state index in [-0.39, 0.29) is 31.1 Å². The predicted molar refractivity (Wildman–Crippen MR) is 70.3 cm³/mol. The Labute approximate surface area is 118 Å². The number of carbonyl (C=O) groups is 2. The quantitative estimate of drug-likeness (QED) is 0.696. The molecular weight excluding hydrogens is 264 g/mol. The summed E-state index contributed by atoms with van der Waals surface area (Å²) in [4.78, 5) is 25.2. The van der Waals surface area contributed by atoms with Gasteiger partial charge in [0.25, 0.3) is 0 Å². The van der Waals surface area contributed by atoms with E-state index in [1.165, 1.54) is 0 Å². The van der Waals surface area contributed by atoms with Gasteiger partial charge in [-0.05, 0) is 6.92 Å². The molecular formula is C13H22N2O5. The molecule has 3 atom stereocenters. The molecule has 2 N–H and O–H groups in total. The minimum absolute atomic E-state index is 0.0667. The molecule has 0 saturated carbocycles. The van der Waals surface area contributed by atoms with Crippen molar-refractivity contribution in [3.05, 3.63) is 0 Å². The number of aliphatic carboxylic acids is 1. The van der Waals surface area contributed by atoms with E-state index in [9.17, 15) is 14.7 Å². The van der Waals surface area contributed by atoms with Gasteiger partial charge in [0, 0.05) is 19.6 Å². The number of ether oxygens (including phenoxy) is 2. The number of carbonyl (C=O) groups excluding carboxylic acids is 1. The van der Waals surface area contributed by atoms with Gasteiger partial charge in [-0.25, -0.2) is 0 Å². The van der Waals surface area contributed by atoms with E-state index >= 15 is 0 Å². The van der Waals surface area contributed by atoms with Crippen LogP contribution < -0.4 is 5.32 Å². The number of carboxylic acids is 1. The molecule has 20 heavy (non-hydrogen) atoms. The van der Waals surface area contributed by atoms with E-state index in [1.807, 2.05) is 6.92 Å². The maximum atomic E-state index is 12.4. The van der Waals surface area contributed by atoms with Crippen LogP contribution >= 0.6 is 0 Å². The lowest BCUT2D eigenvalue weighted by atomic mass is 10.0. The molecule has 0 spiro atoms. The molecule has 0 aromatic carbocycles. The Kier molecular flexibility index (Phi) is 5.33. The molecule has 2 fully saturated rings. The zero-order valence-corrected chi connectivity index (χ0v) is 11.7. The van der Waals surface area contributed by atoms with Crippen LogP contribution in [0.5, 0.6) is 0 Å². The summed E-state index contributed by atoms with van der Waals surface area (Å²) in [5.41, 5.74) is 0. The number of morpholine rings is 1. The summed E-state index contributed by atoms with van der Waals surface area (Å²) in [5.74, 6) is -1.61. The fraction of sp³-hybridized carbons (Fsp3) is 0.846. The highest BCUT2D eigenvalue weighted by molar-refractivity contribution is 5.79. The number of nitrogens with one attached hydrogen (secondary N) is 1. The summed E-state index contributed by atoms with van der Waals surface area (Å²) >= 11 is 0. The van der Waals surface area contributed by atoms with Crippen LogP contribution in [0.15, 0.2) is 0 Å². The van der Waals surface area contributed by atoms with Crippen LogP contribution in [0.4, 0.5) is 0 Å². The van der Waals surface area contributed by atoms with Crippen molar-refractivity contribution in [3.8, 4) is 0 Å². The van der Waals surface area contributed by atoms with Gasteiger partial charge in [-0.1, -0.05) is 0 Å². The van der Waals surface area contributed by atoms with Crippen molar-refractivity contribution < 1.29 is 24.2 Å². The Bertz CT molecular complexity index is 357. The van der Waals surface area contributed by atoms with Crippen molar-refractivity contribution >= 4 is 11.9 Å². The minimum Gasteiger partial charge on any atom is -0.481 e. The molecule has 1 amide bonds. The number of hydrogen-bond acceptors (Lipinski definition) is 5. The summed E-state index contributed by atoms with van der Waals surface area (Å²) in [6, 6.07) is -0.374. The van der Waals surface area contributed by atoms with Crippen LogP contribution in [0, 0.1) is 5.92 Å². The van der Waals surface area contributed by atoms with Crippen molar-refractivity contribution in [2.45, 2.75) is 25.5 Å². The second kappa shape index (κ2) is 7.01. The Hall–Kier alpha value is -1.18. The fourth-order valence-corrected chi connectivity index (χ4v) is 2.74. The third kappa shape index (κ3) is 3.47. The fourth-order valence-electron chi connectivity index (χ4n) is 2.74. The standard InChI is InChI=1S/C13H22N2O5/c1-2-15(11-8-19-7-10(11)13(17)18)12(16)5-9-6-14-3-4-20-9/h9-11,14H,2-8H2,1H3,(H,17,18). The topological polar surface area (TPSA) is 88.1 Å². The normalized spacial score (nSPS) is 30.1. The lowest BCUT2D eigenvalue weighted by Crippen LogP contribution is -2.49. The van der Waals surface area contributed by atoms with Gasteiger partial charge in [-0.2, -0.15) is 0 Å². The smallest absolute Gasteiger partial charge is 0.311 e. The largest absolute Gasteiger partial charge is 0.481 e. The van der Waals surface area contributed by atoms with E-state index < -0.39 is 11.9 Å². The third-order valence-electron chi connectivity index (χ3n) is 3.84. The average Bonchev–Trinajstić information content (AvgIpc) is 2.90. The molecule has 0 aromatic rings. The number of likely N-dealkylation sites (N-methyl/N-ethyl adjacent to an activating group) is 1. The van der Waals surface area contributed by atoms with Crippen LogP contribution in [-0.2, 0) is 19.1 Å². The first-order valence-corrected chi connectivity index (χ1v) is 7.05. The molecule has 2 aliphatic rings. The highest BCUT2D eigenvalue weighted by Gasteiger charge is 2.39. The zero-order valence-electron chi connectivity index (χ0n) is 11.7. The van der Waals surface area contributed by atoms with Crippen LogP contribution in [0.3, 0.4) is 0 Å². The summed E-state index contributed by atoms with van der Waals surface area (Å²) in [7, 11) is 0. The molecule has 0 aromatic heterocycles. The summed E-state index contributed by atoms with van der Waals surface area (Å²) in [5, 5.41) is 12.4. The van der Waals surface area contributed by atoms with Crippen molar-refractivity contribution in [1.82, 2.24) is 10.2 Å². The number of carboxylic acid groups (broad SMARTS) is 1. The molecule has 114 valence electrons. The van der Waals surface area contributed by atoms with E-state index in [0.717, 1.165) is 6.54 Å². The first kappa shape index (κ1) is 15.2. The van der Waals surface area contributed by atoms with E-state index in [1.54, 1.807) is 4.90 Å². The first-order chi connectivity index (χ1) is 9.63. The van der Waals surface area contributed by atoms with Crippen molar-refractivity contribution in [3.63, 3.8) is 0 Å². The van der Waals surface area contributed by atoms with Gasteiger partial charge in [-0.3, -0.25) is 9.59 Å². The van der Waals surface area contributed by atoms with Gasteiger partial charge in [0.05, 0.1) is 38.4 Å². The third-order valence-corrected chi connectivity index (χ3v) is 3.84. The number of amides is 1. The van der Waals surface area contributed by atoms with Crippen LogP contribution in [0.2, 0.25) is 0 Å². The highest BCUT2D eigenvalue weighted by Crippen LogP contribution is 2.21. The molecule has 3 unspecified atom stereocenters. The van der Waals surface area contributed by atoms with Crippen LogP contribution in [0.25, 0.3) is 0 Å². The van der Waals surface area contributed by atoms with E-state index in [2.05, 4.69) is 5.32 Å². The number of nitrogens with zero attached hydrogens (tertiary/aromatic N) is 1. The van der Waals surface area contributed by atoms with Gasteiger partial charge in [-0.15, -0.1) is 0 Å². The predicted octanol–water partition coefficient (Wildman–Crippen LogP) is -0.687. The Morgan fingerprint density at radius 1 is 1.40 bits per heavy atom. The highest BCUT2D eigenvalue weighted by atomic mass is 16.5. The molecule has 0 aliphatic carbocycles. The Morgan fingerprint density at radius 3 is 2.80 bits per heavy atom. The lowest BCUT2D eigenvalue weighted by molar-refractivity contribution is -0.145. The molecule has 7 heteroatoms. The minimum atomic E-state index is -0.908. The second-order valence-electron chi connectivity index (χ2n) is 5.13. The summed E-state index contributed by atoms with van der Waals surface area (Å²) in [6.07, 6.45) is 0.153. The molecule has 2 saturated heterocycles. The number of rotatable bonds is 5. The summed E-state index contributed by atoms with van der Waals surface area (Å²) < 4.78 is 10.8. The second-order valence-corrected chi connectivity index (χ2v) is 5.13. The van der Waals surface area contributed by atoms with E-state index in [4.69, 9.17) is 9.47 Å². The van der Waals surface area contributed by atoms with E-state index in [0.29, 0.717) is 26.3 Å². The summed E-state index contributed by atoms with van der Waals surface area (Å²) in [6.45, 7) is 4.87. The van der Waals surface area contributed by atoms with Crippen LogP contribution in [-0.4, -0.2) is 73.5 Å².